The van der Waals surface area contributed by atoms with Gasteiger partial charge in [-0.05, 0) is 25.0 Å². The minimum absolute atomic E-state index is 0.0121. The maximum Gasteiger partial charge on any atom is 0.235 e. The van der Waals surface area contributed by atoms with Gasteiger partial charge in [0.15, 0.2) is 11.6 Å². The van der Waals surface area contributed by atoms with E-state index in [9.17, 15) is 4.79 Å². The number of carbonyl (C=O) groups excluding carboxylic acids is 1. The van der Waals surface area contributed by atoms with Crippen molar-refractivity contribution in [3.63, 3.8) is 0 Å². The number of hydrogen-bond acceptors (Lipinski definition) is 9. The summed E-state index contributed by atoms with van der Waals surface area (Å²) in [6, 6.07) is 3.75. The topological polar surface area (TPSA) is 128 Å². The molecule has 0 radical (unpaired) electrons. The molecular weight excluding hydrogens is 350 g/mol. The lowest BCUT2D eigenvalue weighted by Gasteiger charge is -2.31. The summed E-state index contributed by atoms with van der Waals surface area (Å²) in [5.74, 6) is 2.29. The average Bonchev–Trinajstić information content (AvgIpc) is 3.38. The lowest BCUT2D eigenvalue weighted by molar-refractivity contribution is -0.125. The van der Waals surface area contributed by atoms with Crippen LogP contribution in [0.25, 0.3) is 5.82 Å². The quantitative estimate of drug-likeness (QED) is 0.674. The van der Waals surface area contributed by atoms with Gasteiger partial charge in [0.2, 0.25) is 17.7 Å². The van der Waals surface area contributed by atoms with E-state index in [2.05, 4.69) is 40.7 Å². The van der Waals surface area contributed by atoms with Crippen LogP contribution in [0.2, 0.25) is 0 Å². The van der Waals surface area contributed by atoms with E-state index in [0.717, 1.165) is 31.7 Å². The number of hydrogen-bond donors (Lipinski definition) is 1. The number of amides is 1. The zero-order valence-corrected chi connectivity index (χ0v) is 14.8. The van der Waals surface area contributed by atoms with Gasteiger partial charge in [0.05, 0.1) is 6.54 Å². The van der Waals surface area contributed by atoms with Crippen LogP contribution in [0.3, 0.4) is 0 Å². The number of nitrogens with one attached hydrogen (secondary N) is 1. The molecule has 1 fully saturated rings. The van der Waals surface area contributed by atoms with Gasteiger partial charge in [-0.1, -0.05) is 0 Å². The van der Waals surface area contributed by atoms with Gasteiger partial charge < -0.3 is 14.6 Å². The van der Waals surface area contributed by atoms with Crippen LogP contribution in [0.4, 0.5) is 5.82 Å². The predicted octanol–water partition coefficient (Wildman–Crippen LogP) is 0.282. The molecule has 0 saturated carbocycles. The van der Waals surface area contributed by atoms with Crippen molar-refractivity contribution in [3.8, 4) is 5.82 Å². The lowest BCUT2D eigenvalue weighted by Crippen LogP contribution is -2.40. The number of aryl methyl sites for hydroxylation is 1. The molecule has 11 nitrogen and oxygen atoms in total. The molecule has 1 aliphatic heterocycles. The molecule has 0 aliphatic carbocycles. The van der Waals surface area contributed by atoms with E-state index < -0.39 is 0 Å². The zero-order chi connectivity index (χ0) is 18.6. The van der Waals surface area contributed by atoms with Crippen LogP contribution < -0.4 is 10.2 Å². The number of aromatic nitrogens is 7. The highest BCUT2D eigenvalue weighted by atomic mass is 16.4. The van der Waals surface area contributed by atoms with Gasteiger partial charge in [-0.2, -0.15) is 5.10 Å². The smallest absolute Gasteiger partial charge is 0.235 e. The number of anilines is 1. The molecular formula is C16H19N9O2. The number of carbonyl (C=O) groups is 1. The molecule has 140 valence electrons. The van der Waals surface area contributed by atoms with Gasteiger partial charge in [0, 0.05) is 25.9 Å². The Bertz CT molecular complexity index is 883. The fourth-order valence-corrected chi connectivity index (χ4v) is 3.02. The van der Waals surface area contributed by atoms with Gasteiger partial charge in [-0.25, -0.2) is 9.67 Å². The Labute approximate surface area is 154 Å². The molecule has 4 heterocycles. The molecule has 0 spiro atoms. The van der Waals surface area contributed by atoms with Crippen molar-refractivity contribution in [2.24, 2.45) is 5.92 Å². The molecule has 4 rings (SSSR count). The fourth-order valence-electron chi connectivity index (χ4n) is 3.02. The second kappa shape index (κ2) is 7.48. The van der Waals surface area contributed by atoms with Gasteiger partial charge in [0.25, 0.3) is 0 Å². The van der Waals surface area contributed by atoms with E-state index in [0.29, 0.717) is 17.6 Å². The summed E-state index contributed by atoms with van der Waals surface area (Å²) in [5, 5.41) is 23.0. The van der Waals surface area contributed by atoms with Crippen molar-refractivity contribution in [3.05, 3.63) is 36.6 Å². The minimum atomic E-state index is -0.0346. The second-order valence-corrected chi connectivity index (χ2v) is 6.28. The summed E-state index contributed by atoms with van der Waals surface area (Å²) in [7, 11) is 0. The zero-order valence-electron chi connectivity index (χ0n) is 14.8. The number of nitrogens with zero attached hydrogens (tertiary/aromatic N) is 8. The van der Waals surface area contributed by atoms with Crippen molar-refractivity contribution >= 4 is 11.7 Å². The van der Waals surface area contributed by atoms with Crippen molar-refractivity contribution in [1.29, 1.82) is 0 Å². The van der Waals surface area contributed by atoms with Crippen LogP contribution in [0, 0.1) is 12.8 Å². The molecule has 0 bridgehead atoms. The lowest BCUT2D eigenvalue weighted by atomic mass is 9.96. The maximum atomic E-state index is 12.3. The summed E-state index contributed by atoms with van der Waals surface area (Å²) in [6.45, 7) is 3.47. The highest BCUT2D eigenvalue weighted by Crippen LogP contribution is 2.22. The van der Waals surface area contributed by atoms with E-state index >= 15 is 0 Å². The summed E-state index contributed by atoms with van der Waals surface area (Å²) in [5.41, 5.74) is 0. The highest BCUT2D eigenvalue weighted by Gasteiger charge is 2.26. The first-order valence-electron chi connectivity index (χ1n) is 8.69. The van der Waals surface area contributed by atoms with Crippen LogP contribution in [0.5, 0.6) is 0 Å². The average molecular weight is 369 g/mol. The predicted molar refractivity (Wildman–Crippen MR) is 92.8 cm³/mol. The molecule has 0 atom stereocenters. The van der Waals surface area contributed by atoms with Crippen LogP contribution in [0.1, 0.15) is 24.6 Å². The third-order valence-electron chi connectivity index (χ3n) is 4.46. The Morgan fingerprint density at radius 3 is 2.59 bits per heavy atom. The molecule has 1 N–H and O–H groups in total. The largest absolute Gasteiger partial charge is 0.424 e. The standard InChI is InChI=1S/C16H19N9O2/c1-11-20-23-15(27-11)8-18-16(26)12-4-6-24(7-5-12)13-2-3-14(22-21-13)25-10-17-9-19-25/h2-3,9-10,12H,4-8H2,1H3,(H,18,26). The van der Waals surface area contributed by atoms with Crippen LogP contribution in [0.15, 0.2) is 29.2 Å². The van der Waals surface area contributed by atoms with Crippen LogP contribution in [-0.4, -0.2) is 54.2 Å². The SMILES string of the molecule is Cc1nnc(CNC(=O)C2CCN(c3ccc(-n4cncn4)nn3)CC2)o1. The number of piperidine rings is 1. The first kappa shape index (κ1) is 17.1. The molecule has 1 aliphatic rings. The Balaban J connectivity index is 1.28. The Hall–Kier alpha value is -3.37. The Morgan fingerprint density at radius 1 is 1.19 bits per heavy atom. The van der Waals surface area contributed by atoms with Gasteiger partial charge in [0.1, 0.15) is 12.7 Å². The van der Waals surface area contributed by atoms with Crippen LogP contribution >= 0.6 is 0 Å². The van der Waals surface area contributed by atoms with Gasteiger partial charge in [-0.15, -0.1) is 20.4 Å². The molecule has 1 saturated heterocycles. The molecule has 3 aromatic rings. The maximum absolute atomic E-state index is 12.3. The van der Waals surface area contributed by atoms with E-state index in [1.807, 2.05) is 12.1 Å². The van der Waals surface area contributed by atoms with Crippen molar-refractivity contribution < 1.29 is 9.21 Å². The molecule has 0 unspecified atom stereocenters. The first-order chi connectivity index (χ1) is 13.2. The molecule has 1 amide bonds. The molecule has 27 heavy (non-hydrogen) atoms. The molecule has 11 heteroatoms. The van der Waals surface area contributed by atoms with Gasteiger partial charge in [-0.3, -0.25) is 4.79 Å². The first-order valence-corrected chi connectivity index (χ1v) is 8.69. The van der Waals surface area contributed by atoms with Crippen molar-refractivity contribution in [2.45, 2.75) is 26.3 Å². The Morgan fingerprint density at radius 2 is 1.96 bits per heavy atom. The molecule has 3 aromatic heterocycles. The summed E-state index contributed by atoms with van der Waals surface area (Å²) >= 11 is 0. The fraction of sp³-hybridized carbons (Fsp3) is 0.438. The van der Waals surface area contributed by atoms with Crippen LogP contribution in [-0.2, 0) is 11.3 Å². The Kier molecular flexibility index (Phi) is 4.73. The molecule has 0 aromatic carbocycles. The minimum Gasteiger partial charge on any atom is -0.424 e. The van der Waals surface area contributed by atoms with Crippen molar-refractivity contribution in [2.75, 3.05) is 18.0 Å². The van der Waals surface area contributed by atoms with E-state index in [-0.39, 0.29) is 18.4 Å². The van der Waals surface area contributed by atoms with Gasteiger partial charge >= 0.3 is 0 Å². The third-order valence-corrected chi connectivity index (χ3v) is 4.46. The highest BCUT2D eigenvalue weighted by molar-refractivity contribution is 5.78. The van der Waals surface area contributed by atoms with E-state index in [1.54, 1.807) is 17.9 Å². The summed E-state index contributed by atoms with van der Waals surface area (Å²) < 4.78 is 6.82. The summed E-state index contributed by atoms with van der Waals surface area (Å²) in [6.07, 6.45) is 4.52. The summed E-state index contributed by atoms with van der Waals surface area (Å²) in [4.78, 5) is 18.4. The van der Waals surface area contributed by atoms with E-state index in [1.165, 1.54) is 6.33 Å². The normalized spacial score (nSPS) is 15.1. The van der Waals surface area contributed by atoms with E-state index in [4.69, 9.17) is 4.42 Å². The second-order valence-electron chi connectivity index (χ2n) is 6.28. The third kappa shape index (κ3) is 3.91. The number of rotatable bonds is 5. The van der Waals surface area contributed by atoms with Crippen molar-refractivity contribution in [1.82, 2.24) is 40.5 Å². The monoisotopic (exact) mass is 369 g/mol.